The van der Waals surface area contributed by atoms with Crippen LogP contribution in [0, 0.1) is 6.92 Å². The van der Waals surface area contributed by atoms with Crippen molar-refractivity contribution < 1.29 is 9.59 Å². The number of benzene rings is 2. The fraction of sp³-hybridized carbons (Fsp3) is 0.227. The van der Waals surface area contributed by atoms with Crippen molar-refractivity contribution in [2.24, 2.45) is 0 Å². The number of anilines is 1. The van der Waals surface area contributed by atoms with Crippen LogP contribution >= 0.6 is 11.8 Å². The molecular weight excluding hydrogens is 370 g/mol. The molecule has 0 aliphatic rings. The van der Waals surface area contributed by atoms with Gasteiger partial charge in [-0.1, -0.05) is 42.1 Å². The summed E-state index contributed by atoms with van der Waals surface area (Å²) in [7, 11) is 0. The van der Waals surface area contributed by atoms with Crippen LogP contribution in [0.15, 0.2) is 59.8 Å². The van der Waals surface area contributed by atoms with Crippen LogP contribution in [0.5, 0.6) is 0 Å². The number of aromatic nitrogens is 2. The number of nitrogens with one attached hydrogen (secondary N) is 2. The van der Waals surface area contributed by atoms with Crippen LogP contribution in [0.2, 0.25) is 0 Å². The summed E-state index contributed by atoms with van der Waals surface area (Å²) in [6, 6.07) is 17.1. The van der Waals surface area contributed by atoms with Crippen LogP contribution in [0.3, 0.4) is 0 Å². The Hall–Kier alpha value is -2.86. The summed E-state index contributed by atoms with van der Waals surface area (Å²) < 4.78 is 0. The fourth-order valence-electron chi connectivity index (χ4n) is 2.74. The third-order valence-corrected chi connectivity index (χ3v) is 5.38. The van der Waals surface area contributed by atoms with Gasteiger partial charge in [-0.25, -0.2) is 4.98 Å². The number of aryl methyl sites for hydroxylation is 1. The minimum atomic E-state index is -0.317. The molecule has 0 saturated heterocycles. The average Bonchev–Trinajstić information content (AvgIpc) is 3.01. The molecule has 0 radical (unpaired) electrons. The van der Waals surface area contributed by atoms with Crippen molar-refractivity contribution in [1.82, 2.24) is 9.97 Å². The van der Waals surface area contributed by atoms with Gasteiger partial charge in [-0.05, 0) is 50.6 Å². The van der Waals surface area contributed by atoms with Gasteiger partial charge in [0, 0.05) is 23.4 Å². The first kappa shape index (κ1) is 19.9. The highest BCUT2D eigenvalue weighted by Crippen LogP contribution is 2.24. The summed E-state index contributed by atoms with van der Waals surface area (Å²) in [6.07, 6.45) is 0.757. The highest BCUT2D eigenvalue weighted by Gasteiger charge is 2.18. The van der Waals surface area contributed by atoms with Crippen molar-refractivity contribution in [3.8, 4) is 0 Å². The number of Topliss-reactive ketones (excluding diaryl/α,β-unsaturated/α-hetero) is 1. The second kappa shape index (κ2) is 8.89. The first-order valence-corrected chi connectivity index (χ1v) is 9.98. The van der Waals surface area contributed by atoms with E-state index in [1.807, 2.05) is 32.0 Å². The molecule has 1 heterocycles. The Balaban J connectivity index is 1.60. The summed E-state index contributed by atoms with van der Waals surface area (Å²) >= 11 is 1.39. The number of aromatic amines is 1. The lowest BCUT2D eigenvalue weighted by Gasteiger charge is -2.10. The number of carbonyl (C=O) groups excluding carboxylic acids is 2. The van der Waals surface area contributed by atoms with Crippen LogP contribution in [-0.4, -0.2) is 26.9 Å². The van der Waals surface area contributed by atoms with Crippen LogP contribution in [-0.2, 0) is 11.2 Å². The smallest absolute Gasteiger partial charge is 0.237 e. The Labute approximate surface area is 169 Å². The summed E-state index contributed by atoms with van der Waals surface area (Å²) in [5.41, 5.74) is 4.49. The van der Waals surface area contributed by atoms with Crippen molar-refractivity contribution in [1.29, 1.82) is 0 Å². The zero-order chi connectivity index (χ0) is 20.1. The number of nitrogens with zero attached hydrogens (tertiary/aromatic N) is 1. The fourth-order valence-corrected chi connectivity index (χ4v) is 3.61. The number of hydrogen-bond donors (Lipinski definition) is 2. The molecule has 1 amide bonds. The van der Waals surface area contributed by atoms with E-state index in [0.717, 1.165) is 23.0 Å². The lowest BCUT2D eigenvalue weighted by Crippen LogP contribution is -2.22. The number of carbonyl (C=O) groups is 2. The molecule has 0 saturated carbocycles. The van der Waals surface area contributed by atoms with Crippen molar-refractivity contribution in [3.63, 3.8) is 0 Å². The topological polar surface area (TPSA) is 74.8 Å². The summed E-state index contributed by atoms with van der Waals surface area (Å²) in [5, 5.41) is 3.29. The highest BCUT2D eigenvalue weighted by molar-refractivity contribution is 8.00. The van der Waals surface area contributed by atoms with Gasteiger partial charge in [-0.3, -0.25) is 9.59 Å². The van der Waals surface area contributed by atoms with E-state index < -0.39 is 0 Å². The predicted molar refractivity (Wildman–Crippen MR) is 113 cm³/mol. The number of amides is 1. The molecule has 3 rings (SSSR count). The quantitative estimate of drug-likeness (QED) is 0.453. The van der Waals surface area contributed by atoms with Gasteiger partial charge in [-0.15, -0.1) is 0 Å². The maximum Gasteiger partial charge on any atom is 0.237 e. The molecule has 0 aliphatic carbocycles. The van der Waals surface area contributed by atoms with Gasteiger partial charge in [0.1, 0.15) is 0 Å². The molecule has 1 atom stereocenters. The zero-order valence-corrected chi connectivity index (χ0v) is 17.0. The van der Waals surface area contributed by atoms with E-state index >= 15 is 0 Å². The maximum atomic E-state index is 12.5. The predicted octanol–water partition coefficient (Wildman–Crippen LogP) is 4.63. The average molecular weight is 394 g/mol. The number of thioether (sulfide) groups is 1. The Morgan fingerprint density at radius 2 is 1.79 bits per heavy atom. The van der Waals surface area contributed by atoms with E-state index in [1.54, 1.807) is 24.3 Å². The third kappa shape index (κ3) is 5.10. The van der Waals surface area contributed by atoms with Crippen LogP contribution in [0.25, 0.3) is 0 Å². The standard InChI is InChI=1S/C22H23N3O2S/c1-14-20(13-17-7-5-4-6-8-17)25-22(23-14)28-16(3)21(27)24-19-11-9-18(10-12-19)15(2)26/h4-12,16H,13H2,1-3H3,(H,23,25)(H,24,27)/t16-/m1/s1. The Morgan fingerprint density at radius 1 is 1.11 bits per heavy atom. The molecule has 1 aromatic heterocycles. The normalized spacial score (nSPS) is 11.8. The molecule has 6 heteroatoms. The Morgan fingerprint density at radius 3 is 2.43 bits per heavy atom. The molecule has 28 heavy (non-hydrogen) atoms. The molecule has 3 aromatic rings. The number of rotatable bonds is 7. The van der Waals surface area contributed by atoms with Crippen LogP contribution in [0.1, 0.15) is 41.2 Å². The monoisotopic (exact) mass is 393 g/mol. The van der Waals surface area contributed by atoms with E-state index in [0.29, 0.717) is 11.3 Å². The van der Waals surface area contributed by atoms with Crippen molar-refractivity contribution >= 4 is 29.1 Å². The van der Waals surface area contributed by atoms with E-state index in [9.17, 15) is 9.59 Å². The van der Waals surface area contributed by atoms with E-state index in [4.69, 9.17) is 0 Å². The molecule has 0 fully saturated rings. The molecular formula is C22H23N3O2S. The maximum absolute atomic E-state index is 12.5. The van der Waals surface area contributed by atoms with Crippen LogP contribution < -0.4 is 5.32 Å². The van der Waals surface area contributed by atoms with Crippen molar-refractivity contribution in [2.75, 3.05) is 5.32 Å². The van der Waals surface area contributed by atoms with Gasteiger partial charge >= 0.3 is 0 Å². The summed E-state index contributed by atoms with van der Waals surface area (Å²) in [6.45, 7) is 5.36. The van der Waals surface area contributed by atoms with Gasteiger partial charge in [0.05, 0.1) is 10.9 Å². The second-order valence-corrected chi connectivity index (χ2v) is 7.99. The Kier molecular flexibility index (Phi) is 6.31. The van der Waals surface area contributed by atoms with Crippen molar-refractivity contribution in [3.05, 3.63) is 77.1 Å². The number of hydrogen-bond acceptors (Lipinski definition) is 4. The summed E-state index contributed by atoms with van der Waals surface area (Å²) in [5.74, 6) is -0.111. The molecule has 5 nitrogen and oxygen atoms in total. The minimum Gasteiger partial charge on any atom is -0.337 e. The lowest BCUT2D eigenvalue weighted by atomic mass is 10.1. The molecule has 0 aliphatic heterocycles. The second-order valence-electron chi connectivity index (χ2n) is 6.66. The largest absolute Gasteiger partial charge is 0.337 e. The van der Waals surface area contributed by atoms with E-state index in [2.05, 4.69) is 27.4 Å². The lowest BCUT2D eigenvalue weighted by molar-refractivity contribution is -0.115. The summed E-state index contributed by atoms with van der Waals surface area (Å²) in [4.78, 5) is 31.7. The Bertz CT molecular complexity index is 965. The number of H-pyrrole nitrogens is 1. The van der Waals surface area contributed by atoms with E-state index in [-0.39, 0.29) is 16.9 Å². The van der Waals surface area contributed by atoms with Crippen LogP contribution in [0.4, 0.5) is 5.69 Å². The van der Waals surface area contributed by atoms with Gasteiger partial charge in [0.25, 0.3) is 0 Å². The molecule has 0 bridgehead atoms. The molecule has 144 valence electrons. The molecule has 2 aromatic carbocycles. The molecule has 0 spiro atoms. The van der Waals surface area contributed by atoms with Gasteiger partial charge < -0.3 is 10.3 Å². The first-order chi connectivity index (χ1) is 13.4. The van der Waals surface area contributed by atoms with E-state index in [1.165, 1.54) is 24.2 Å². The van der Waals surface area contributed by atoms with Gasteiger partial charge in [-0.2, -0.15) is 0 Å². The molecule has 2 N–H and O–H groups in total. The number of imidazole rings is 1. The third-order valence-electron chi connectivity index (χ3n) is 4.39. The molecule has 0 unspecified atom stereocenters. The minimum absolute atomic E-state index is 0.00120. The van der Waals surface area contributed by atoms with Crippen molar-refractivity contribution in [2.45, 2.75) is 37.6 Å². The van der Waals surface area contributed by atoms with Gasteiger partial charge in [0.2, 0.25) is 5.91 Å². The zero-order valence-electron chi connectivity index (χ0n) is 16.2. The van der Waals surface area contributed by atoms with Gasteiger partial charge in [0.15, 0.2) is 10.9 Å². The highest BCUT2D eigenvalue weighted by atomic mass is 32.2. The SMILES string of the molecule is CC(=O)c1ccc(NC(=O)[C@@H](C)Sc2nc(Cc3ccccc3)c(C)[nH]2)cc1. The first-order valence-electron chi connectivity index (χ1n) is 9.10. The number of ketones is 1.